The molecule has 2 fully saturated rings. The van der Waals surface area contributed by atoms with Crippen LogP contribution in [0.15, 0.2) is 24.3 Å². The van der Waals surface area contributed by atoms with Crippen LogP contribution in [0.1, 0.15) is 25.7 Å². The van der Waals surface area contributed by atoms with Crippen molar-refractivity contribution in [1.82, 2.24) is 4.90 Å². The fourth-order valence-electron chi connectivity index (χ4n) is 4.06. The first kappa shape index (κ1) is 13.8. The Morgan fingerprint density at radius 1 is 1.30 bits per heavy atom. The maximum atomic E-state index is 13.1. The summed E-state index contributed by atoms with van der Waals surface area (Å²) in [5.74, 6) is -0.185. The van der Waals surface area contributed by atoms with Crippen LogP contribution in [0.2, 0.25) is 0 Å². The zero-order chi connectivity index (χ0) is 14.2. The summed E-state index contributed by atoms with van der Waals surface area (Å²) < 4.78 is 13.1. The van der Waals surface area contributed by atoms with Gasteiger partial charge in [0, 0.05) is 31.9 Å². The van der Waals surface area contributed by atoms with E-state index in [1.54, 1.807) is 0 Å². The van der Waals surface area contributed by atoms with E-state index in [1.807, 2.05) is 12.1 Å². The number of rotatable bonds is 3. The topological polar surface area (TPSA) is 32.5 Å². The maximum absolute atomic E-state index is 13.1. The van der Waals surface area contributed by atoms with Crippen molar-refractivity contribution in [3.8, 4) is 0 Å². The molecule has 20 heavy (non-hydrogen) atoms. The van der Waals surface area contributed by atoms with E-state index < -0.39 is 0 Å². The Hall–Kier alpha value is -1.13. The third kappa shape index (κ3) is 2.11. The summed E-state index contributed by atoms with van der Waals surface area (Å²) >= 11 is 0. The molecule has 2 atom stereocenters. The minimum Gasteiger partial charge on any atom is -0.366 e. The lowest BCUT2D eigenvalue weighted by molar-refractivity contribution is 0.157. The number of hydrogen-bond donors (Lipinski definition) is 1. The number of benzene rings is 1. The predicted octanol–water partition coefficient (Wildman–Crippen LogP) is 2.22. The number of nitrogens with two attached hydrogens (primary N) is 1. The van der Waals surface area contributed by atoms with Gasteiger partial charge in [-0.15, -0.1) is 0 Å². The van der Waals surface area contributed by atoms with Crippen LogP contribution in [0.25, 0.3) is 0 Å². The molecule has 0 bridgehead atoms. The van der Waals surface area contributed by atoms with E-state index >= 15 is 0 Å². The van der Waals surface area contributed by atoms with Crippen LogP contribution in [0.5, 0.6) is 0 Å². The summed E-state index contributed by atoms with van der Waals surface area (Å²) in [4.78, 5) is 4.89. The molecule has 2 N–H and O–H groups in total. The number of halogens is 1. The van der Waals surface area contributed by atoms with Gasteiger partial charge >= 0.3 is 0 Å². The Balaban J connectivity index is 1.90. The highest BCUT2D eigenvalue weighted by molar-refractivity contribution is 5.50. The average molecular weight is 277 g/mol. The largest absolute Gasteiger partial charge is 0.366 e. The number of anilines is 1. The average Bonchev–Trinajstić information content (AvgIpc) is 2.87. The number of fused-ring (bicyclic) bond motifs is 1. The Morgan fingerprint density at radius 2 is 2.05 bits per heavy atom. The predicted molar refractivity (Wildman–Crippen MR) is 80.4 cm³/mol. The van der Waals surface area contributed by atoms with Crippen LogP contribution in [-0.2, 0) is 0 Å². The van der Waals surface area contributed by atoms with Gasteiger partial charge < -0.3 is 10.6 Å². The van der Waals surface area contributed by atoms with Gasteiger partial charge in [-0.25, -0.2) is 4.39 Å². The first-order valence-corrected chi connectivity index (χ1v) is 7.61. The number of piperidine rings is 1. The lowest BCUT2D eigenvalue weighted by atomic mass is 9.83. The van der Waals surface area contributed by atoms with E-state index in [-0.39, 0.29) is 11.4 Å². The van der Waals surface area contributed by atoms with Crippen molar-refractivity contribution in [1.29, 1.82) is 0 Å². The first-order valence-electron chi connectivity index (χ1n) is 7.61. The van der Waals surface area contributed by atoms with Crippen molar-refractivity contribution < 1.29 is 4.39 Å². The Bertz CT molecular complexity index is 461. The number of hydrogen-bond acceptors (Lipinski definition) is 3. The van der Waals surface area contributed by atoms with Gasteiger partial charge in [-0.05, 0) is 50.1 Å². The maximum Gasteiger partial charge on any atom is 0.123 e. The highest BCUT2D eigenvalue weighted by atomic mass is 19.1. The SMILES string of the molecule is CN(c1ccc(F)cc1)C1(CN)CCN2CCCCC21. The number of likely N-dealkylation sites (N-methyl/N-ethyl adjacent to an activating group) is 1. The van der Waals surface area contributed by atoms with Crippen LogP contribution >= 0.6 is 0 Å². The van der Waals surface area contributed by atoms with E-state index in [9.17, 15) is 4.39 Å². The summed E-state index contributed by atoms with van der Waals surface area (Å²) in [6, 6.07) is 7.32. The van der Waals surface area contributed by atoms with Crippen molar-refractivity contribution in [2.75, 3.05) is 31.6 Å². The second-order valence-corrected chi connectivity index (χ2v) is 6.14. The normalized spacial score (nSPS) is 30.2. The molecule has 110 valence electrons. The second kappa shape index (κ2) is 5.34. The minimum absolute atomic E-state index is 0.00174. The van der Waals surface area contributed by atoms with Gasteiger partial charge in [0.1, 0.15) is 5.82 Å². The fraction of sp³-hybridized carbons (Fsp3) is 0.625. The third-order valence-corrected chi connectivity index (χ3v) is 5.30. The van der Waals surface area contributed by atoms with Crippen LogP contribution < -0.4 is 10.6 Å². The molecule has 0 spiro atoms. The smallest absolute Gasteiger partial charge is 0.123 e. The molecule has 0 amide bonds. The summed E-state index contributed by atoms with van der Waals surface area (Å²) in [5, 5.41) is 0. The van der Waals surface area contributed by atoms with Crippen molar-refractivity contribution in [3.05, 3.63) is 30.1 Å². The minimum atomic E-state index is -0.185. The lowest BCUT2D eigenvalue weighted by Gasteiger charge is -2.47. The number of nitrogens with zero attached hydrogens (tertiary/aromatic N) is 2. The molecule has 0 aliphatic carbocycles. The molecule has 2 unspecified atom stereocenters. The zero-order valence-corrected chi connectivity index (χ0v) is 12.2. The molecule has 2 aliphatic rings. The van der Waals surface area contributed by atoms with Crippen molar-refractivity contribution in [3.63, 3.8) is 0 Å². The van der Waals surface area contributed by atoms with Gasteiger partial charge in [0.05, 0.1) is 5.54 Å². The molecule has 0 radical (unpaired) electrons. The Morgan fingerprint density at radius 3 is 2.75 bits per heavy atom. The van der Waals surface area contributed by atoms with Crippen LogP contribution in [0.4, 0.5) is 10.1 Å². The van der Waals surface area contributed by atoms with Gasteiger partial charge in [0.2, 0.25) is 0 Å². The van der Waals surface area contributed by atoms with Gasteiger partial charge in [-0.1, -0.05) is 6.42 Å². The third-order valence-electron chi connectivity index (χ3n) is 5.30. The first-order chi connectivity index (χ1) is 9.67. The summed E-state index contributed by atoms with van der Waals surface area (Å²) in [6.07, 6.45) is 4.92. The van der Waals surface area contributed by atoms with Gasteiger partial charge in [0.15, 0.2) is 0 Å². The quantitative estimate of drug-likeness (QED) is 0.919. The van der Waals surface area contributed by atoms with E-state index in [0.29, 0.717) is 12.6 Å². The highest BCUT2D eigenvalue weighted by Gasteiger charge is 2.49. The van der Waals surface area contributed by atoms with Gasteiger partial charge in [-0.3, -0.25) is 4.90 Å². The summed E-state index contributed by atoms with van der Waals surface area (Å²) in [5.41, 5.74) is 7.26. The Labute approximate surface area is 120 Å². The second-order valence-electron chi connectivity index (χ2n) is 6.14. The molecule has 2 aliphatic heterocycles. The molecule has 3 rings (SSSR count). The van der Waals surface area contributed by atoms with Crippen LogP contribution in [-0.4, -0.2) is 43.2 Å². The van der Waals surface area contributed by atoms with Gasteiger partial charge in [0.25, 0.3) is 0 Å². The summed E-state index contributed by atoms with van der Waals surface area (Å²) in [6.45, 7) is 2.99. The molecule has 1 aromatic carbocycles. The molecule has 0 saturated carbocycles. The molecule has 0 aromatic heterocycles. The molecule has 2 heterocycles. The van der Waals surface area contributed by atoms with Crippen molar-refractivity contribution in [2.24, 2.45) is 5.73 Å². The van der Waals surface area contributed by atoms with Crippen LogP contribution in [0, 0.1) is 5.82 Å². The van der Waals surface area contributed by atoms with Crippen LogP contribution in [0.3, 0.4) is 0 Å². The van der Waals surface area contributed by atoms with E-state index in [0.717, 1.165) is 18.7 Å². The standard InChI is InChI=1S/C16H24FN3/c1-19(14-7-5-13(17)6-8-14)16(12-18)9-11-20-10-3-2-4-15(16)20/h5-8,15H,2-4,9-12,18H2,1H3. The molecule has 4 heteroatoms. The van der Waals surface area contributed by atoms with Crippen molar-refractivity contribution in [2.45, 2.75) is 37.3 Å². The molecule has 1 aromatic rings. The van der Waals surface area contributed by atoms with Crippen molar-refractivity contribution >= 4 is 5.69 Å². The molecular formula is C16H24FN3. The zero-order valence-electron chi connectivity index (χ0n) is 12.2. The molecule has 3 nitrogen and oxygen atoms in total. The molecular weight excluding hydrogens is 253 g/mol. The van der Waals surface area contributed by atoms with E-state index in [2.05, 4.69) is 16.8 Å². The Kier molecular flexibility index (Phi) is 3.69. The van der Waals surface area contributed by atoms with Gasteiger partial charge in [-0.2, -0.15) is 0 Å². The fourth-order valence-corrected chi connectivity index (χ4v) is 4.06. The van der Waals surface area contributed by atoms with E-state index in [1.165, 1.54) is 37.9 Å². The summed E-state index contributed by atoms with van der Waals surface area (Å²) in [7, 11) is 2.11. The molecule has 2 saturated heterocycles. The highest BCUT2D eigenvalue weighted by Crippen LogP contribution is 2.40. The lowest BCUT2D eigenvalue weighted by Crippen LogP contribution is -2.61. The van der Waals surface area contributed by atoms with E-state index in [4.69, 9.17) is 5.73 Å². The monoisotopic (exact) mass is 277 g/mol.